The summed E-state index contributed by atoms with van der Waals surface area (Å²) >= 11 is 0. The molecule has 22 heavy (non-hydrogen) atoms. The molecule has 1 saturated heterocycles. The maximum absolute atomic E-state index is 12.1. The van der Waals surface area contributed by atoms with E-state index in [9.17, 15) is 38.4 Å². The molecule has 0 N–H and O–H groups in total. The molecule has 0 aromatic carbocycles. The molecule has 1 saturated carbocycles. The first kappa shape index (κ1) is 17.9. The molecule has 15 heteroatoms. The first-order valence-electron chi connectivity index (χ1n) is 5.64. The second kappa shape index (κ2) is 5.27. The standard InChI is InChI=1S/C7H9F3NO8S3/c8-7(9,10)21(14,15)11-22(16,17)19-5-2-1-4-3-6(5)20(12,13)18-4/h4-6H,1-3H2/q-1. The predicted molar refractivity (Wildman–Crippen MR) is 63.6 cm³/mol. The molecule has 2 rings (SSSR count). The highest BCUT2D eigenvalue weighted by Gasteiger charge is 2.50. The molecule has 2 aliphatic rings. The summed E-state index contributed by atoms with van der Waals surface area (Å²) in [6.07, 6.45) is -2.33. The summed E-state index contributed by atoms with van der Waals surface area (Å²) in [7, 11) is -15.9. The minimum absolute atomic E-state index is 0.0887. The van der Waals surface area contributed by atoms with E-state index in [4.69, 9.17) is 0 Å². The van der Waals surface area contributed by atoms with Crippen LogP contribution < -0.4 is 0 Å². The minimum atomic E-state index is -6.32. The molecule has 0 aromatic heterocycles. The van der Waals surface area contributed by atoms with Crippen LogP contribution in [0.25, 0.3) is 4.13 Å². The molecular weight excluding hydrogens is 379 g/mol. The fourth-order valence-electron chi connectivity index (χ4n) is 2.16. The van der Waals surface area contributed by atoms with Crippen LogP contribution in [0, 0.1) is 0 Å². The molecule has 9 nitrogen and oxygen atoms in total. The van der Waals surface area contributed by atoms with Crippen molar-refractivity contribution in [3.8, 4) is 0 Å². The maximum atomic E-state index is 12.1. The molecule has 1 heterocycles. The molecule has 1 aliphatic carbocycles. The van der Waals surface area contributed by atoms with Gasteiger partial charge in [-0.25, -0.2) is 16.8 Å². The van der Waals surface area contributed by atoms with Crippen LogP contribution in [0.5, 0.6) is 0 Å². The highest BCUT2D eigenvalue weighted by atomic mass is 32.3. The zero-order valence-corrected chi connectivity index (χ0v) is 12.9. The van der Waals surface area contributed by atoms with Gasteiger partial charge in [-0.15, -0.1) is 0 Å². The lowest BCUT2D eigenvalue weighted by atomic mass is 9.95. The Morgan fingerprint density at radius 3 is 2.27 bits per heavy atom. The van der Waals surface area contributed by atoms with Gasteiger partial charge in [0, 0.05) is 0 Å². The first-order valence-corrected chi connectivity index (χ1v) is 9.92. The van der Waals surface area contributed by atoms with Gasteiger partial charge in [0.15, 0.2) is 10.0 Å². The van der Waals surface area contributed by atoms with Crippen molar-refractivity contribution in [2.45, 2.75) is 42.2 Å². The average Bonchev–Trinajstić information content (AvgIpc) is 2.51. The lowest BCUT2D eigenvalue weighted by molar-refractivity contribution is -0.0425. The first-order chi connectivity index (χ1) is 9.74. The zero-order chi connectivity index (χ0) is 17.0. The van der Waals surface area contributed by atoms with Crippen molar-refractivity contribution < 1.29 is 46.8 Å². The van der Waals surface area contributed by atoms with Crippen LogP contribution >= 0.6 is 0 Å². The van der Waals surface area contributed by atoms with Crippen molar-refractivity contribution in [2.24, 2.45) is 0 Å². The van der Waals surface area contributed by atoms with Gasteiger partial charge in [-0.2, -0.15) is 21.6 Å². The quantitative estimate of drug-likeness (QED) is 0.620. The average molecular weight is 388 g/mol. The summed E-state index contributed by atoms with van der Waals surface area (Å²) in [5.74, 6) is 0. The van der Waals surface area contributed by atoms with Gasteiger partial charge >= 0.3 is 5.51 Å². The summed E-state index contributed by atoms with van der Waals surface area (Å²) in [6, 6.07) is 0. The molecule has 2 fully saturated rings. The van der Waals surface area contributed by atoms with E-state index in [1.54, 1.807) is 4.13 Å². The van der Waals surface area contributed by atoms with Crippen LogP contribution in [0.15, 0.2) is 0 Å². The maximum Gasteiger partial charge on any atom is 0.480 e. The number of sulfonamides is 1. The Kier molecular flexibility index (Phi) is 4.28. The molecule has 130 valence electrons. The molecule has 0 amide bonds. The molecule has 0 aromatic rings. The zero-order valence-electron chi connectivity index (χ0n) is 10.4. The van der Waals surface area contributed by atoms with Crippen LogP contribution in [0.4, 0.5) is 13.2 Å². The molecule has 3 unspecified atom stereocenters. The number of hydrogen-bond acceptors (Lipinski definition) is 8. The number of fused-ring (bicyclic) bond motifs is 2. The Balaban J connectivity index is 2.16. The van der Waals surface area contributed by atoms with Gasteiger partial charge in [0.25, 0.3) is 10.1 Å². The third-order valence-electron chi connectivity index (χ3n) is 3.05. The van der Waals surface area contributed by atoms with Crippen molar-refractivity contribution in [1.82, 2.24) is 0 Å². The highest BCUT2D eigenvalue weighted by Crippen LogP contribution is 2.39. The second-order valence-electron chi connectivity index (χ2n) is 4.62. The van der Waals surface area contributed by atoms with Gasteiger partial charge in [-0.3, -0.25) is 8.37 Å². The van der Waals surface area contributed by atoms with Crippen LogP contribution in [-0.4, -0.2) is 48.2 Å². The van der Waals surface area contributed by atoms with Crippen LogP contribution in [0.2, 0.25) is 0 Å². The highest BCUT2D eigenvalue weighted by molar-refractivity contribution is 8.10. The monoisotopic (exact) mass is 388 g/mol. The number of alkyl halides is 3. The van der Waals surface area contributed by atoms with Crippen LogP contribution in [0.3, 0.4) is 0 Å². The van der Waals surface area contributed by atoms with E-state index in [0.717, 1.165) is 0 Å². The Bertz CT molecular complexity index is 755. The summed E-state index contributed by atoms with van der Waals surface area (Å²) in [5, 5.41) is -1.40. The largest absolute Gasteiger partial charge is 0.480 e. The third-order valence-corrected chi connectivity index (χ3v) is 7.42. The lowest BCUT2D eigenvalue weighted by Gasteiger charge is -2.29. The van der Waals surface area contributed by atoms with Gasteiger partial charge in [-0.05, 0) is 19.3 Å². The SMILES string of the molecule is O=S(=O)([N-]S(=O)(=O)C(F)(F)F)OC1CCC2CC1S(=O)(=O)O2. The minimum Gasteiger partial charge on any atom is -0.404 e. The molecule has 0 spiro atoms. The number of rotatable bonds is 4. The van der Waals surface area contributed by atoms with Crippen LogP contribution in [0.1, 0.15) is 19.3 Å². The topological polar surface area (TPSA) is 135 Å². The number of hydrogen-bond donors (Lipinski definition) is 0. The third kappa shape index (κ3) is 3.53. The molecule has 0 radical (unpaired) electrons. The van der Waals surface area contributed by atoms with E-state index >= 15 is 0 Å². The van der Waals surface area contributed by atoms with Crippen molar-refractivity contribution in [1.29, 1.82) is 0 Å². The lowest BCUT2D eigenvalue weighted by Crippen LogP contribution is -2.37. The fourth-order valence-corrected chi connectivity index (χ4v) is 5.93. The van der Waals surface area contributed by atoms with Crippen molar-refractivity contribution >= 4 is 30.4 Å². The van der Waals surface area contributed by atoms with Crippen molar-refractivity contribution in [2.75, 3.05) is 0 Å². The summed E-state index contributed by atoms with van der Waals surface area (Å²) in [6.45, 7) is 0. The fraction of sp³-hybridized carbons (Fsp3) is 1.00. The van der Waals surface area contributed by atoms with E-state index in [1.165, 1.54) is 0 Å². The predicted octanol–water partition coefficient (Wildman–Crippen LogP) is 0.121. The van der Waals surface area contributed by atoms with Gasteiger partial charge < -0.3 is 4.13 Å². The Hall–Kier alpha value is -0.480. The van der Waals surface area contributed by atoms with Crippen molar-refractivity contribution in [3.63, 3.8) is 0 Å². The molecule has 3 atom stereocenters. The van der Waals surface area contributed by atoms with E-state index < -0.39 is 53.4 Å². The molecular formula is C7H9F3NO8S3-. The normalized spacial score (nSPS) is 32.0. The number of nitrogens with zero attached hydrogens (tertiary/aromatic N) is 1. The van der Waals surface area contributed by atoms with E-state index in [2.05, 4.69) is 8.37 Å². The van der Waals surface area contributed by atoms with E-state index in [0.29, 0.717) is 0 Å². The molecule has 1 aliphatic heterocycles. The van der Waals surface area contributed by atoms with Gasteiger partial charge in [0.1, 0.15) is 5.25 Å². The molecule has 2 bridgehead atoms. The van der Waals surface area contributed by atoms with Crippen LogP contribution in [-0.2, 0) is 38.8 Å². The Morgan fingerprint density at radius 2 is 1.73 bits per heavy atom. The Morgan fingerprint density at radius 1 is 1.14 bits per heavy atom. The van der Waals surface area contributed by atoms with Gasteiger partial charge in [-0.1, -0.05) is 0 Å². The summed E-state index contributed by atoms with van der Waals surface area (Å²) in [4.78, 5) is 0. The summed E-state index contributed by atoms with van der Waals surface area (Å²) < 4.78 is 114. The van der Waals surface area contributed by atoms with E-state index in [1.807, 2.05) is 0 Å². The Labute approximate surface area is 124 Å². The smallest absolute Gasteiger partial charge is 0.404 e. The van der Waals surface area contributed by atoms with Gasteiger partial charge in [0.2, 0.25) is 10.3 Å². The number of halogens is 3. The second-order valence-corrected chi connectivity index (χ2v) is 9.46. The summed E-state index contributed by atoms with van der Waals surface area (Å²) in [5.41, 5.74) is -5.91. The van der Waals surface area contributed by atoms with Gasteiger partial charge in [0.05, 0.1) is 12.2 Å². The van der Waals surface area contributed by atoms with Crippen molar-refractivity contribution in [3.05, 3.63) is 4.13 Å². The van der Waals surface area contributed by atoms with E-state index in [-0.39, 0.29) is 19.3 Å².